The summed E-state index contributed by atoms with van der Waals surface area (Å²) in [4.78, 5) is 12.0. The van der Waals surface area contributed by atoms with Crippen molar-refractivity contribution in [2.75, 3.05) is 0 Å². The second-order valence-electron chi connectivity index (χ2n) is 3.47. The molecular formula is C15H11O2+. The molecule has 0 bridgehead atoms. The van der Waals surface area contributed by atoms with Crippen LogP contribution in [-0.4, -0.2) is 5.78 Å². The van der Waals surface area contributed by atoms with Crippen molar-refractivity contribution in [3.63, 3.8) is 0 Å². The highest BCUT2D eigenvalue weighted by molar-refractivity contribution is 6.08. The molecule has 0 N–H and O–H groups in total. The molecule has 0 aliphatic carbocycles. The van der Waals surface area contributed by atoms with Gasteiger partial charge in [-0.15, -0.1) is 0 Å². The van der Waals surface area contributed by atoms with Crippen molar-refractivity contribution >= 4 is 5.78 Å². The predicted molar refractivity (Wildman–Crippen MR) is 65.8 cm³/mol. The van der Waals surface area contributed by atoms with E-state index in [0.717, 1.165) is 6.26 Å². The van der Waals surface area contributed by atoms with E-state index in [0.29, 0.717) is 16.9 Å². The van der Waals surface area contributed by atoms with Gasteiger partial charge in [0.2, 0.25) is 6.58 Å². The first-order valence-corrected chi connectivity index (χ1v) is 5.21. The molecule has 0 saturated carbocycles. The molecule has 0 fully saturated rings. The smallest absolute Gasteiger partial charge is 0.330 e. The van der Waals surface area contributed by atoms with Crippen LogP contribution in [0.15, 0.2) is 60.9 Å². The molecule has 0 saturated heterocycles. The summed E-state index contributed by atoms with van der Waals surface area (Å²) >= 11 is 0. The summed E-state index contributed by atoms with van der Waals surface area (Å²) in [5, 5.41) is 0. The third kappa shape index (κ3) is 2.57. The van der Waals surface area contributed by atoms with Gasteiger partial charge in [0.1, 0.15) is 5.75 Å². The highest BCUT2D eigenvalue weighted by atomic mass is 16.5. The molecular weight excluding hydrogens is 212 g/mol. The maximum absolute atomic E-state index is 12.0. The van der Waals surface area contributed by atoms with E-state index in [1.165, 1.54) is 0 Å². The molecule has 2 heteroatoms. The van der Waals surface area contributed by atoms with Crippen LogP contribution >= 0.6 is 0 Å². The molecule has 82 valence electrons. The quantitative estimate of drug-likeness (QED) is 0.452. The maximum atomic E-state index is 12.0. The highest BCUT2D eigenvalue weighted by Crippen LogP contribution is 2.15. The van der Waals surface area contributed by atoms with Crippen molar-refractivity contribution in [3.05, 3.63) is 78.6 Å². The molecule has 0 heterocycles. The number of ketones is 1. The Morgan fingerprint density at radius 2 is 1.53 bits per heavy atom. The van der Waals surface area contributed by atoms with Crippen molar-refractivity contribution in [1.82, 2.24) is 0 Å². The first-order chi connectivity index (χ1) is 8.31. The lowest BCUT2D eigenvalue weighted by molar-refractivity contribution is 0.103. The lowest BCUT2D eigenvalue weighted by Crippen LogP contribution is -2.00. The second kappa shape index (κ2) is 5.06. The first kappa shape index (κ1) is 11.1. The summed E-state index contributed by atoms with van der Waals surface area (Å²) in [6.45, 7) is 5.14. The summed E-state index contributed by atoms with van der Waals surface area (Å²) in [7, 11) is 0. The first-order valence-electron chi connectivity index (χ1n) is 5.21. The molecule has 2 aromatic carbocycles. The Morgan fingerprint density at radius 1 is 0.941 bits per heavy atom. The molecule has 0 unspecified atom stereocenters. The molecule has 0 amide bonds. The zero-order valence-electron chi connectivity index (χ0n) is 9.17. The standard InChI is InChI=1S/C15H11O2/c1-2-17-14-10-8-13(9-11-14)15(16)12-6-4-3-5-7-12/h1-11H/q+1. The number of carbonyl (C=O) groups excluding carboxylic acids is 1. The fraction of sp³-hybridized carbons (Fsp3) is 0. The zero-order chi connectivity index (χ0) is 12.1. The van der Waals surface area contributed by atoms with E-state index in [1.54, 1.807) is 36.4 Å². The van der Waals surface area contributed by atoms with Crippen molar-refractivity contribution in [1.29, 1.82) is 0 Å². The Bertz CT molecular complexity index is 512. The molecule has 2 aromatic rings. The van der Waals surface area contributed by atoms with E-state index in [4.69, 9.17) is 11.3 Å². The van der Waals surface area contributed by atoms with E-state index in [9.17, 15) is 4.79 Å². The van der Waals surface area contributed by atoms with Gasteiger partial charge in [-0.25, -0.2) is 0 Å². The van der Waals surface area contributed by atoms with E-state index < -0.39 is 0 Å². The predicted octanol–water partition coefficient (Wildman–Crippen LogP) is 3.24. The van der Waals surface area contributed by atoms with E-state index in [-0.39, 0.29) is 5.78 Å². The molecule has 0 atom stereocenters. The average molecular weight is 223 g/mol. The van der Waals surface area contributed by atoms with Crippen LogP contribution < -0.4 is 4.74 Å². The van der Waals surface area contributed by atoms with Crippen LogP contribution in [0.1, 0.15) is 15.9 Å². The number of hydrogen-bond acceptors (Lipinski definition) is 2. The van der Waals surface area contributed by atoms with Crippen LogP contribution in [0, 0.1) is 6.58 Å². The summed E-state index contributed by atoms with van der Waals surface area (Å²) < 4.78 is 4.99. The van der Waals surface area contributed by atoms with E-state index in [1.807, 2.05) is 18.2 Å². The van der Waals surface area contributed by atoms with Gasteiger partial charge in [-0.3, -0.25) is 4.79 Å². The maximum Gasteiger partial charge on any atom is 0.330 e. The van der Waals surface area contributed by atoms with Crippen LogP contribution in [0.3, 0.4) is 0 Å². The molecule has 0 aliphatic rings. The second-order valence-corrected chi connectivity index (χ2v) is 3.47. The lowest BCUT2D eigenvalue weighted by Gasteiger charge is -2.01. The van der Waals surface area contributed by atoms with Gasteiger partial charge >= 0.3 is 6.26 Å². The number of carbonyl (C=O) groups is 1. The summed E-state index contributed by atoms with van der Waals surface area (Å²) in [6.07, 6.45) is 1.11. The Morgan fingerprint density at radius 3 is 2.12 bits per heavy atom. The Labute approximate surface area is 100 Å². The van der Waals surface area contributed by atoms with Crippen molar-refractivity contribution in [3.8, 4) is 5.75 Å². The SMILES string of the molecule is [CH+]=COc1ccc(C(=O)c2ccccc2)cc1. The van der Waals surface area contributed by atoms with Gasteiger partial charge < -0.3 is 4.74 Å². The topological polar surface area (TPSA) is 26.3 Å². The monoisotopic (exact) mass is 223 g/mol. The van der Waals surface area contributed by atoms with Crippen LogP contribution in [0.25, 0.3) is 0 Å². The minimum atomic E-state index is -0.00567. The fourth-order valence-electron chi connectivity index (χ4n) is 1.52. The number of hydrogen-bond donors (Lipinski definition) is 0. The van der Waals surface area contributed by atoms with Gasteiger partial charge in [-0.1, -0.05) is 30.3 Å². The normalized spacial score (nSPS) is 9.59. The van der Waals surface area contributed by atoms with Crippen LogP contribution in [0.5, 0.6) is 5.75 Å². The van der Waals surface area contributed by atoms with Crippen molar-refractivity contribution in [2.45, 2.75) is 0 Å². The van der Waals surface area contributed by atoms with Gasteiger partial charge in [-0.05, 0) is 24.3 Å². The highest BCUT2D eigenvalue weighted by Gasteiger charge is 2.07. The van der Waals surface area contributed by atoms with Crippen LogP contribution in [0.2, 0.25) is 0 Å². The Kier molecular flexibility index (Phi) is 3.29. The number of rotatable bonds is 4. The van der Waals surface area contributed by atoms with Gasteiger partial charge in [0.15, 0.2) is 5.78 Å². The van der Waals surface area contributed by atoms with Gasteiger partial charge in [0, 0.05) is 11.1 Å². The lowest BCUT2D eigenvalue weighted by atomic mass is 10.0. The van der Waals surface area contributed by atoms with Crippen molar-refractivity contribution in [2.24, 2.45) is 0 Å². The molecule has 2 rings (SSSR count). The summed E-state index contributed by atoms with van der Waals surface area (Å²) in [5.74, 6) is 0.603. The summed E-state index contributed by atoms with van der Waals surface area (Å²) in [5.41, 5.74) is 1.30. The van der Waals surface area contributed by atoms with E-state index >= 15 is 0 Å². The third-order valence-corrected chi connectivity index (χ3v) is 2.36. The van der Waals surface area contributed by atoms with Gasteiger partial charge in [0.05, 0.1) is 0 Å². The van der Waals surface area contributed by atoms with Gasteiger partial charge in [-0.2, -0.15) is 0 Å². The molecule has 0 spiro atoms. The number of ether oxygens (including phenoxy) is 1. The number of benzene rings is 2. The largest absolute Gasteiger partial charge is 0.420 e. The molecule has 0 radical (unpaired) electrons. The van der Waals surface area contributed by atoms with E-state index in [2.05, 4.69) is 0 Å². The van der Waals surface area contributed by atoms with Crippen LogP contribution in [-0.2, 0) is 0 Å². The molecule has 0 aliphatic heterocycles. The summed E-state index contributed by atoms with van der Waals surface area (Å²) in [6, 6.07) is 16.0. The van der Waals surface area contributed by atoms with Crippen molar-refractivity contribution < 1.29 is 9.53 Å². The average Bonchev–Trinajstić information content (AvgIpc) is 2.40. The Hall–Kier alpha value is -2.44. The van der Waals surface area contributed by atoms with Crippen LogP contribution in [0.4, 0.5) is 0 Å². The van der Waals surface area contributed by atoms with Gasteiger partial charge in [0.25, 0.3) is 0 Å². The minimum absolute atomic E-state index is 0.00567. The molecule has 0 aromatic heterocycles. The minimum Gasteiger partial charge on any atom is -0.420 e. The molecule has 17 heavy (non-hydrogen) atoms. The fourth-order valence-corrected chi connectivity index (χ4v) is 1.52. The zero-order valence-corrected chi connectivity index (χ0v) is 9.17. The third-order valence-electron chi connectivity index (χ3n) is 2.36. The Balaban J connectivity index is 2.23. The molecule has 2 nitrogen and oxygen atoms in total.